The minimum atomic E-state index is -0.210. The number of carbonyl (C=O) groups excluding carboxylic acids is 2. The van der Waals surface area contributed by atoms with Gasteiger partial charge in [0.15, 0.2) is 0 Å². The minimum Gasteiger partial charge on any atom is -0.353 e. The zero-order chi connectivity index (χ0) is 22.2. The number of hydrogen-bond acceptors (Lipinski definition) is 5. The van der Waals surface area contributed by atoms with Crippen molar-refractivity contribution in [3.63, 3.8) is 0 Å². The number of carbonyl (C=O) groups is 2. The van der Waals surface area contributed by atoms with Crippen molar-refractivity contribution in [1.82, 2.24) is 15.2 Å². The van der Waals surface area contributed by atoms with Crippen molar-refractivity contribution >= 4 is 23.3 Å². The smallest absolute Gasteiger partial charge is 0.257 e. The van der Waals surface area contributed by atoms with Crippen molar-refractivity contribution in [3.05, 3.63) is 53.2 Å². The molecular formula is C24H33N5O2. The van der Waals surface area contributed by atoms with Gasteiger partial charge in [0.25, 0.3) is 11.8 Å². The van der Waals surface area contributed by atoms with Crippen LogP contribution in [0.4, 0.5) is 11.5 Å². The molecule has 0 bridgehead atoms. The monoisotopic (exact) mass is 423 g/mol. The Bertz CT molecular complexity index is 903. The van der Waals surface area contributed by atoms with Crippen LogP contribution in [-0.4, -0.2) is 61.0 Å². The minimum absolute atomic E-state index is 0.0311. The fourth-order valence-corrected chi connectivity index (χ4v) is 3.83. The summed E-state index contributed by atoms with van der Waals surface area (Å²) in [4.78, 5) is 34.8. The Kier molecular flexibility index (Phi) is 8.00. The number of hydrogen-bond donors (Lipinski definition) is 2. The van der Waals surface area contributed by atoms with E-state index in [9.17, 15) is 9.59 Å². The lowest BCUT2D eigenvalue weighted by Gasteiger charge is -2.31. The van der Waals surface area contributed by atoms with E-state index in [0.29, 0.717) is 35.7 Å². The highest BCUT2D eigenvalue weighted by atomic mass is 16.2. The number of nitrogens with zero attached hydrogens (tertiary/aromatic N) is 3. The van der Waals surface area contributed by atoms with Crippen molar-refractivity contribution < 1.29 is 9.59 Å². The van der Waals surface area contributed by atoms with Gasteiger partial charge in [-0.15, -0.1) is 0 Å². The number of amides is 2. The van der Waals surface area contributed by atoms with Crippen LogP contribution in [0.5, 0.6) is 0 Å². The van der Waals surface area contributed by atoms with Gasteiger partial charge in [-0.3, -0.25) is 9.59 Å². The van der Waals surface area contributed by atoms with Crippen LogP contribution in [0.15, 0.2) is 36.5 Å². The van der Waals surface area contributed by atoms with Gasteiger partial charge in [0, 0.05) is 44.8 Å². The summed E-state index contributed by atoms with van der Waals surface area (Å²) in [6, 6.07) is 9.21. The summed E-state index contributed by atoms with van der Waals surface area (Å²) in [6.45, 7) is 10.8. The van der Waals surface area contributed by atoms with E-state index in [1.54, 1.807) is 18.3 Å². The van der Waals surface area contributed by atoms with Gasteiger partial charge in [-0.05, 0) is 38.0 Å². The summed E-state index contributed by atoms with van der Waals surface area (Å²) in [5.74, 6) is 0.450. The second-order valence-corrected chi connectivity index (χ2v) is 7.95. The number of anilines is 2. The van der Waals surface area contributed by atoms with E-state index in [1.807, 2.05) is 30.0 Å². The Morgan fingerprint density at radius 2 is 1.84 bits per heavy atom. The third-order valence-corrected chi connectivity index (χ3v) is 5.33. The van der Waals surface area contributed by atoms with E-state index in [4.69, 9.17) is 0 Å². The molecule has 0 unspecified atom stereocenters. The Morgan fingerprint density at radius 1 is 1.13 bits per heavy atom. The molecule has 1 aliphatic rings. The second kappa shape index (κ2) is 10.9. The van der Waals surface area contributed by atoms with E-state index < -0.39 is 0 Å². The molecule has 1 fully saturated rings. The predicted octanol–water partition coefficient (Wildman–Crippen LogP) is 3.31. The van der Waals surface area contributed by atoms with Crippen molar-refractivity contribution in [2.24, 2.45) is 0 Å². The maximum atomic E-state index is 13.5. The van der Waals surface area contributed by atoms with Gasteiger partial charge in [-0.2, -0.15) is 0 Å². The molecule has 1 aliphatic heterocycles. The number of piperazine rings is 1. The second-order valence-electron chi connectivity index (χ2n) is 7.95. The van der Waals surface area contributed by atoms with Crippen LogP contribution in [-0.2, 0) is 0 Å². The van der Waals surface area contributed by atoms with Gasteiger partial charge in [-0.25, -0.2) is 4.98 Å². The third kappa shape index (κ3) is 5.82. The summed E-state index contributed by atoms with van der Waals surface area (Å²) in [5, 5.41) is 6.25. The van der Waals surface area contributed by atoms with Crippen LogP contribution >= 0.6 is 0 Å². The lowest BCUT2D eigenvalue weighted by atomic mass is 10.1. The van der Waals surface area contributed by atoms with Crippen LogP contribution in [0.3, 0.4) is 0 Å². The van der Waals surface area contributed by atoms with Gasteiger partial charge < -0.3 is 20.4 Å². The number of aromatic nitrogens is 1. The highest BCUT2D eigenvalue weighted by molar-refractivity contribution is 6.06. The quantitative estimate of drug-likeness (QED) is 0.681. The molecule has 3 rings (SSSR count). The first-order valence-corrected chi connectivity index (χ1v) is 11.2. The number of benzene rings is 1. The van der Waals surface area contributed by atoms with Gasteiger partial charge in [0.2, 0.25) is 0 Å². The van der Waals surface area contributed by atoms with Crippen molar-refractivity contribution in [3.8, 4) is 0 Å². The first kappa shape index (κ1) is 22.7. The van der Waals surface area contributed by atoms with Gasteiger partial charge in [-0.1, -0.05) is 31.5 Å². The van der Waals surface area contributed by atoms with E-state index in [0.717, 1.165) is 44.6 Å². The number of pyridine rings is 1. The zero-order valence-electron chi connectivity index (χ0n) is 18.8. The Hall–Kier alpha value is -2.93. The van der Waals surface area contributed by atoms with Gasteiger partial charge in [0.05, 0.1) is 17.4 Å². The van der Waals surface area contributed by atoms with E-state index >= 15 is 0 Å². The molecule has 7 nitrogen and oxygen atoms in total. The SMILES string of the molecule is CCCN(CCC)C(=O)c1cc(NC(=O)c2cccc(C)c2)cnc1N1CCNCC1. The van der Waals surface area contributed by atoms with Crippen molar-refractivity contribution in [2.45, 2.75) is 33.6 Å². The lowest BCUT2D eigenvalue weighted by Crippen LogP contribution is -2.45. The van der Waals surface area contributed by atoms with Gasteiger partial charge in [0.1, 0.15) is 5.82 Å². The molecule has 166 valence electrons. The zero-order valence-corrected chi connectivity index (χ0v) is 18.8. The third-order valence-electron chi connectivity index (χ3n) is 5.33. The van der Waals surface area contributed by atoms with Crippen LogP contribution in [0.25, 0.3) is 0 Å². The Balaban J connectivity index is 1.92. The molecule has 1 saturated heterocycles. The van der Waals surface area contributed by atoms with Crippen LogP contribution in [0, 0.1) is 6.92 Å². The summed E-state index contributed by atoms with van der Waals surface area (Å²) >= 11 is 0. The number of nitrogens with one attached hydrogen (secondary N) is 2. The molecule has 2 aromatic rings. The summed E-state index contributed by atoms with van der Waals surface area (Å²) in [5.41, 5.74) is 2.68. The molecule has 2 heterocycles. The maximum Gasteiger partial charge on any atom is 0.257 e. The van der Waals surface area contributed by atoms with Gasteiger partial charge >= 0.3 is 0 Å². The van der Waals surface area contributed by atoms with Crippen molar-refractivity contribution in [1.29, 1.82) is 0 Å². The molecule has 2 N–H and O–H groups in total. The standard InChI is InChI=1S/C24H33N5O2/c1-4-11-29(12-5-2)24(31)21-16-20(17-26-22(21)28-13-9-25-10-14-28)27-23(30)19-8-6-7-18(3)15-19/h6-8,15-17,25H,4-5,9-14H2,1-3H3,(H,27,30). The molecule has 0 atom stereocenters. The molecule has 0 aliphatic carbocycles. The van der Waals surface area contributed by atoms with Crippen LogP contribution < -0.4 is 15.5 Å². The largest absolute Gasteiger partial charge is 0.353 e. The lowest BCUT2D eigenvalue weighted by molar-refractivity contribution is 0.0755. The highest BCUT2D eigenvalue weighted by Gasteiger charge is 2.24. The Labute approximate surface area is 184 Å². The van der Waals surface area contributed by atoms with Crippen LogP contribution in [0.1, 0.15) is 53.0 Å². The average Bonchev–Trinajstić information content (AvgIpc) is 2.79. The number of rotatable bonds is 8. The van der Waals surface area contributed by atoms with Crippen LogP contribution in [0.2, 0.25) is 0 Å². The first-order chi connectivity index (χ1) is 15.0. The summed E-state index contributed by atoms with van der Waals surface area (Å²) in [7, 11) is 0. The van der Waals surface area contributed by atoms with Crippen molar-refractivity contribution in [2.75, 3.05) is 49.5 Å². The highest BCUT2D eigenvalue weighted by Crippen LogP contribution is 2.24. The molecule has 31 heavy (non-hydrogen) atoms. The maximum absolute atomic E-state index is 13.5. The molecule has 7 heteroatoms. The molecule has 0 saturated carbocycles. The first-order valence-electron chi connectivity index (χ1n) is 11.2. The summed E-state index contributed by atoms with van der Waals surface area (Å²) in [6.07, 6.45) is 3.43. The molecule has 2 amide bonds. The fourth-order valence-electron chi connectivity index (χ4n) is 3.83. The summed E-state index contributed by atoms with van der Waals surface area (Å²) < 4.78 is 0. The number of aryl methyl sites for hydroxylation is 1. The molecular weight excluding hydrogens is 390 g/mol. The van der Waals surface area contributed by atoms with E-state index in [1.165, 1.54) is 0 Å². The van der Waals surface area contributed by atoms with E-state index in [-0.39, 0.29) is 11.8 Å². The Morgan fingerprint density at radius 3 is 2.48 bits per heavy atom. The fraction of sp³-hybridized carbons (Fsp3) is 0.458. The topological polar surface area (TPSA) is 77.6 Å². The molecule has 0 radical (unpaired) electrons. The predicted molar refractivity (Wildman–Crippen MR) is 125 cm³/mol. The van der Waals surface area contributed by atoms with E-state index in [2.05, 4.69) is 34.4 Å². The molecule has 1 aromatic carbocycles. The molecule has 0 spiro atoms. The normalized spacial score (nSPS) is 13.7. The molecule has 1 aromatic heterocycles. The average molecular weight is 424 g/mol.